The van der Waals surface area contributed by atoms with Crippen molar-refractivity contribution >= 4 is 23.1 Å². The monoisotopic (exact) mass is 360 g/mol. The molecule has 0 saturated carbocycles. The van der Waals surface area contributed by atoms with Crippen molar-refractivity contribution in [1.82, 2.24) is 0 Å². The van der Waals surface area contributed by atoms with Gasteiger partial charge in [0, 0.05) is 28.3 Å². The molecule has 0 spiro atoms. The van der Waals surface area contributed by atoms with Crippen LogP contribution >= 0.6 is 0 Å². The zero-order valence-corrected chi connectivity index (χ0v) is 14.5. The van der Waals surface area contributed by atoms with Crippen molar-refractivity contribution < 1.29 is 14.5 Å². The Morgan fingerprint density at radius 3 is 2.19 bits per heavy atom. The molecule has 0 bridgehead atoms. The van der Waals surface area contributed by atoms with Crippen molar-refractivity contribution in [3.63, 3.8) is 0 Å². The molecule has 6 nitrogen and oxygen atoms in total. The van der Waals surface area contributed by atoms with Gasteiger partial charge in [-0.15, -0.1) is 0 Å². The van der Waals surface area contributed by atoms with Crippen molar-refractivity contribution in [3.05, 3.63) is 105 Å². The van der Waals surface area contributed by atoms with Gasteiger partial charge in [0.05, 0.1) is 10.6 Å². The lowest BCUT2D eigenvalue weighted by Gasteiger charge is -2.12. The van der Waals surface area contributed by atoms with E-state index in [-0.39, 0.29) is 22.6 Å². The van der Waals surface area contributed by atoms with Crippen molar-refractivity contribution in [1.29, 1.82) is 0 Å². The van der Waals surface area contributed by atoms with Crippen LogP contribution in [0, 0.1) is 17.0 Å². The fourth-order valence-electron chi connectivity index (χ4n) is 2.79. The number of nitro benzene ring substituents is 1. The molecule has 0 unspecified atom stereocenters. The number of nitrogens with one attached hydrogen (secondary N) is 1. The minimum atomic E-state index is -0.529. The van der Waals surface area contributed by atoms with Gasteiger partial charge in [0.1, 0.15) is 0 Å². The number of carbonyl (C=O) groups is 2. The van der Waals surface area contributed by atoms with E-state index in [4.69, 9.17) is 0 Å². The first-order valence-corrected chi connectivity index (χ1v) is 8.23. The molecule has 0 heterocycles. The third kappa shape index (κ3) is 3.74. The highest BCUT2D eigenvalue weighted by molar-refractivity contribution is 6.15. The Morgan fingerprint density at radius 1 is 0.852 bits per heavy atom. The average Bonchev–Trinajstić information content (AvgIpc) is 2.68. The van der Waals surface area contributed by atoms with Crippen LogP contribution in [0.5, 0.6) is 0 Å². The SMILES string of the molecule is Cc1c(C(=O)Nc2ccccc2C(=O)c2ccccc2)cccc1[N+](=O)[O-]. The van der Waals surface area contributed by atoms with Gasteiger partial charge in [0.25, 0.3) is 11.6 Å². The first-order chi connectivity index (χ1) is 13.0. The maximum atomic E-state index is 12.8. The van der Waals surface area contributed by atoms with Crippen molar-refractivity contribution in [2.24, 2.45) is 0 Å². The highest BCUT2D eigenvalue weighted by Crippen LogP contribution is 2.24. The Balaban J connectivity index is 1.94. The summed E-state index contributed by atoms with van der Waals surface area (Å²) in [6, 6.07) is 19.7. The van der Waals surface area contributed by atoms with E-state index < -0.39 is 10.8 Å². The molecule has 0 fully saturated rings. The predicted molar refractivity (Wildman–Crippen MR) is 102 cm³/mol. The van der Waals surface area contributed by atoms with Gasteiger partial charge in [-0.3, -0.25) is 19.7 Å². The highest BCUT2D eigenvalue weighted by atomic mass is 16.6. The molecule has 0 aromatic heterocycles. The van der Waals surface area contributed by atoms with Gasteiger partial charge in [-0.05, 0) is 25.1 Å². The molecule has 0 saturated heterocycles. The van der Waals surface area contributed by atoms with Gasteiger partial charge < -0.3 is 5.32 Å². The first-order valence-electron chi connectivity index (χ1n) is 8.23. The molecule has 0 aliphatic carbocycles. The van der Waals surface area contributed by atoms with Gasteiger partial charge >= 0.3 is 0 Å². The van der Waals surface area contributed by atoms with E-state index in [0.717, 1.165) is 0 Å². The van der Waals surface area contributed by atoms with Crippen LogP contribution < -0.4 is 5.32 Å². The molecule has 6 heteroatoms. The zero-order valence-electron chi connectivity index (χ0n) is 14.5. The van der Waals surface area contributed by atoms with Crippen LogP contribution in [-0.2, 0) is 0 Å². The summed E-state index contributed by atoms with van der Waals surface area (Å²) in [5.41, 5.74) is 1.53. The highest BCUT2D eigenvalue weighted by Gasteiger charge is 2.20. The summed E-state index contributed by atoms with van der Waals surface area (Å²) in [6.07, 6.45) is 0. The summed E-state index contributed by atoms with van der Waals surface area (Å²) in [6.45, 7) is 1.52. The number of anilines is 1. The topological polar surface area (TPSA) is 89.3 Å². The van der Waals surface area contributed by atoms with Crippen LogP contribution in [0.1, 0.15) is 31.8 Å². The second-order valence-corrected chi connectivity index (χ2v) is 5.90. The van der Waals surface area contributed by atoms with E-state index >= 15 is 0 Å². The molecule has 3 rings (SSSR count). The van der Waals surface area contributed by atoms with E-state index in [2.05, 4.69) is 5.32 Å². The fourth-order valence-corrected chi connectivity index (χ4v) is 2.79. The molecule has 27 heavy (non-hydrogen) atoms. The van der Waals surface area contributed by atoms with Crippen LogP contribution in [0.25, 0.3) is 0 Å². The molecule has 0 radical (unpaired) electrons. The second kappa shape index (κ2) is 7.61. The van der Waals surface area contributed by atoms with Crippen LogP contribution in [0.4, 0.5) is 11.4 Å². The van der Waals surface area contributed by atoms with Gasteiger partial charge in [0.2, 0.25) is 0 Å². The lowest BCUT2D eigenvalue weighted by atomic mass is 10.0. The summed E-state index contributed by atoms with van der Waals surface area (Å²) in [5, 5.41) is 13.8. The van der Waals surface area contributed by atoms with Crippen molar-refractivity contribution in [2.75, 3.05) is 5.32 Å². The lowest BCUT2D eigenvalue weighted by molar-refractivity contribution is -0.385. The third-order valence-electron chi connectivity index (χ3n) is 4.20. The molecular weight excluding hydrogens is 344 g/mol. The number of hydrogen-bond acceptors (Lipinski definition) is 4. The summed E-state index contributed by atoms with van der Waals surface area (Å²) in [4.78, 5) is 36.0. The second-order valence-electron chi connectivity index (χ2n) is 5.90. The number of amides is 1. The molecule has 1 amide bonds. The van der Waals surface area contributed by atoms with Gasteiger partial charge in [0.15, 0.2) is 5.78 Å². The molecule has 3 aromatic carbocycles. The van der Waals surface area contributed by atoms with Crippen molar-refractivity contribution in [3.8, 4) is 0 Å². The third-order valence-corrected chi connectivity index (χ3v) is 4.20. The summed E-state index contributed by atoms with van der Waals surface area (Å²) < 4.78 is 0. The summed E-state index contributed by atoms with van der Waals surface area (Å²) in [7, 11) is 0. The van der Waals surface area contributed by atoms with Gasteiger partial charge in [-0.25, -0.2) is 0 Å². The van der Waals surface area contributed by atoms with E-state index in [0.29, 0.717) is 16.8 Å². The van der Waals surface area contributed by atoms with Crippen LogP contribution in [0.2, 0.25) is 0 Å². The largest absolute Gasteiger partial charge is 0.321 e. The molecule has 0 atom stereocenters. The van der Waals surface area contributed by atoms with E-state index in [1.165, 1.54) is 25.1 Å². The maximum absolute atomic E-state index is 12.8. The van der Waals surface area contributed by atoms with Crippen LogP contribution in [0.3, 0.4) is 0 Å². The first kappa shape index (κ1) is 18.0. The number of hydrogen-bond donors (Lipinski definition) is 1. The Bertz CT molecular complexity index is 1030. The molecule has 3 aromatic rings. The average molecular weight is 360 g/mol. The number of ketones is 1. The number of benzene rings is 3. The van der Waals surface area contributed by atoms with Crippen molar-refractivity contribution in [2.45, 2.75) is 6.92 Å². The predicted octanol–water partition coefficient (Wildman–Crippen LogP) is 4.39. The molecule has 0 aliphatic heterocycles. The lowest BCUT2D eigenvalue weighted by Crippen LogP contribution is -2.16. The van der Waals surface area contributed by atoms with E-state index in [1.807, 2.05) is 6.07 Å². The maximum Gasteiger partial charge on any atom is 0.273 e. The minimum absolute atomic E-state index is 0.128. The Morgan fingerprint density at radius 2 is 1.48 bits per heavy atom. The number of carbonyl (C=O) groups excluding carboxylic acids is 2. The molecule has 0 aliphatic rings. The van der Waals surface area contributed by atoms with E-state index in [9.17, 15) is 19.7 Å². The number of nitro groups is 1. The zero-order chi connectivity index (χ0) is 19.4. The molecule has 134 valence electrons. The number of rotatable bonds is 5. The Kier molecular flexibility index (Phi) is 5.08. The molecule has 1 N–H and O–H groups in total. The molecular formula is C21H16N2O4. The summed E-state index contributed by atoms with van der Waals surface area (Å²) in [5.74, 6) is -0.730. The Hall–Kier alpha value is -3.80. The quantitative estimate of drug-likeness (QED) is 0.415. The number of nitrogens with zero attached hydrogens (tertiary/aromatic N) is 1. The standard InChI is InChI=1S/C21H16N2O4/c1-14-16(11-7-13-19(14)23(26)27)21(25)22-18-12-6-5-10-17(18)20(24)15-8-3-2-4-9-15/h2-13H,1H3,(H,22,25). The smallest absolute Gasteiger partial charge is 0.273 e. The van der Waals surface area contributed by atoms with Crippen LogP contribution in [-0.4, -0.2) is 16.6 Å². The van der Waals surface area contributed by atoms with Gasteiger partial charge in [-0.1, -0.05) is 48.5 Å². The normalized spacial score (nSPS) is 10.3. The Labute approximate surface area is 155 Å². The fraction of sp³-hybridized carbons (Fsp3) is 0.0476. The van der Waals surface area contributed by atoms with E-state index in [1.54, 1.807) is 48.5 Å². The van der Waals surface area contributed by atoms with Crippen LogP contribution in [0.15, 0.2) is 72.8 Å². The minimum Gasteiger partial charge on any atom is -0.321 e. The van der Waals surface area contributed by atoms with Gasteiger partial charge in [-0.2, -0.15) is 0 Å². The number of para-hydroxylation sites is 1. The summed E-state index contributed by atoms with van der Waals surface area (Å²) >= 11 is 0.